The lowest BCUT2D eigenvalue weighted by Gasteiger charge is -2.55. The SMILES string of the molecule is Fc1cccc(C2CCCN2c2ccc3ncc(-c4cccc(N5CC6(COC6)C5)n4)n3n2)c1. The van der Waals surface area contributed by atoms with Crippen LogP contribution in [-0.4, -0.2) is 52.4 Å². The van der Waals surface area contributed by atoms with Crippen LogP contribution >= 0.6 is 0 Å². The molecule has 1 unspecified atom stereocenters. The average Bonchev–Trinajstić information content (AvgIpc) is 3.44. The van der Waals surface area contributed by atoms with E-state index in [0.717, 1.165) is 79.9 Å². The second kappa shape index (κ2) is 7.50. The number of imidazole rings is 1. The Bertz CT molecular complexity index is 1370. The lowest BCUT2D eigenvalue weighted by atomic mass is 9.78. The predicted molar refractivity (Wildman–Crippen MR) is 127 cm³/mol. The maximum absolute atomic E-state index is 13.9. The van der Waals surface area contributed by atoms with E-state index in [4.69, 9.17) is 14.8 Å². The van der Waals surface area contributed by atoms with Crippen LogP contribution in [0.1, 0.15) is 24.4 Å². The van der Waals surface area contributed by atoms with E-state index < -0.39 is 0 Å². The Morgan fingerprint density at radius 3 is 2.71 bits per heavy atom. The van der Waals surface area contributed by atoms with Crippen molar-refractivity contribution in [2.45, 2.75) is 18.9 Å². The van der Waals surface area contributed by atoms with E-state index in [1.165, 1.54) is 6.07 Å². The minimum atomic E-state index is -0.200. The molecule has 0 bridgehead atoms. The van der Waals surface area contributed by atoms with Crippen molar-refractivity contribution in [3.05, 3.63) is 72.2 Å². The van der Waals surface area contributed by atoms with Crippen LogP contribution in [0.25, 0.3) is 17.0 Å². The number of rotatable bonds is 4. The highest BCUT2D eigenvalue weighted by Crippen LogP contribution is 2.40. The van der Waals surface area contributed by atoms with Crippen LogP contribution < -0.4 is 9.80 Å². The fourth-order valence-electron chi connectivity index (χ4n) is 5.53. The van der Waals surface area contributed by atoms with Gasteiger partial charge < -0.3 is 14.5 Å². The quantitative estimate of drug-likeness (QED) is 0.461. The molecule has 7 nitrogen and oxygen atoms in total. The zero-order valence-corrected chi connectivity index (χ0v) is 18.8. The highest BCUT2D eigenvalue weighted by atomic mass is 19.1. The Morgan fingerprint density at radius 2 is 1.88 bits per heavy atom. The third kappa shape index (κ3) is 3.16. The summed E-state index contributed by atoms with van der Waals surface area (Å²) >= 11 is 0. The molecule has 4 aromatic rings. The number of pyridine rings is 1. The van der Waals surface area contributed by atoms with Gasteiger partial charge in [0.15, 0.2) is 5.65 Å². The lowest BCUT2D eigenvalue weighted by molar-refractivity contribution is -0.127. The Morgan fingerprint density at radius 1 is 1.00 bits per heavy atom. The summed E-state index contributed by atoms with van der Waals surface area (Å²) in [6, 6.07) is 17.1. The second-order valence-corrected chi connectivity index (χ2v) is 9.74. The van der Waals surface area contributed by atoms with Gasteiger partial charge in [0.1, 0.15) is 23.1 Å². The summed E-state index contributed by atoms with van der Waals surface area (Å²) in [4.78, 5) is 14.1. The predicted octanol–water partition coefficient (Wildman–Crippen LogP) is 4.11. The first-order valence-corrected chi connectivity index (χ1v) is 11.8. The van der Waals surface area contributed by atoms with E-state index in [9.17, 15) is 4.39 Å². The van der Waals surface area contributed by atoms with Gasteiger partial charge in [-0.25, -0.2) is 18.9 Å². The summed E-state index contributed by atoms with van der Waals surface area (Å²) in [7, 11) is 0. The molecular weight excluding hydrogens is 431 g/mol. The van der Waals surface area contributed by atoms with Gasteiger partial charge in [-0.1, -0.05) is 18.2 Å². The number of fused-ring (bicyclic) bond motifs is 1. The first-order chi connectivity index (χ1) is 16.7. The van der Waals surface area contributed by atoms with E-state index in [1.807, 2.05) is 41.0 Å². The third-order valence-corrected chi connectivity index (χ3v) is 7.32. The van der Waals surface area contributed by atoms with Gasteiger partial charge >= 0.3 is 0 Å². The molecule has 0 radical (unpaired) electrons. The molecule has 7 rings (SSSR count). The summed E-state index contributed by atoms with van der Waals surface area (Å²) in [5.74, 6) is 1.64. The van der Waals surface area contributed by atoms with Crippen molar-refractivity contribution in [3.63, 3.8) is 0 Å². The number of benzene rings is 1. The normalized spacial score (nSPS) is 21.1. The highest BCUT2D eigenvalue weighted by molar-refractivity contribution is 5.63. The van der Waals surface area contributed by atoms with Crippen LogP contribution in [0.5, 0.6) is 0 Å². The first-order valence-electron chi connectivity index (χ1n) is 11.8. The summed E-state index contributed by atoms with van der Waals surface area (Å²) in [5, 5.41) is 4.96. The minimum absolute atomic E-state index is 0.114. The van der Waals surface area contributed by atoms with Crippen LogP contribution in [0.2, 0.25) is 0 Å². The van der Waals surface area contributed by atoms with E-state index in [0.29, 0.717) is 5.41 Å². The second-order valence-electron chi connectivity index (χ2n) is 9.74. The van der Waals surface area contributed by atoms with Crippen molar-refractivity contribution in [2.24, 2.45) is 5.41 Å². The number of ether oxygens (including phenoxy) is 1. The zero-order chi connectivity index (χ0) is 22.7. The molecule has 1 atom stereocenters. The van der Waals surface area contributed by atoms with Crippen molar-refractivity contribution >= 4 is 17.3 Å². The van der Waals surface area contributed by atoms with Crippen LogP contribution in [0, 0.1) is 11.2 Å². The van der Waals surface area contributed by atoms with Crippen LogP contribution in [0.4, 0.5) is 16.0 Å². The molecule has 0 amide bonds. The summed E-state index contributed by atoms with van der Waals surface area (Å²) in [5.41, 5.74) is 3.82. The van der Waals surface area contributed by atoms with Gasteiger partial charge in [-0.05, 0) is 54.8 Å². The van der Waals surface area contributed by atoms with Crippen LogP contribution in [0.3, 0.4) is 0 Å². The topological polar surface area (TPSA) is 58.8 Å². The van der Waals surface area contributed by atoms with Crippen LogP contribution in [-0.2, 0) is 4.74 Å². The molecule has 6 heterocycles. The van der Waals surface area contributed by atoms with E-state index in [1.54, 1.807) is 12.1 Å². The van der Waals surface area contributed by atoms with Gasteiger partial charge in [-0.2, -0.15) is 0 Å². The molecule has 3 saturated heterocycles. The number of anilines is 2. The molecule has 0 aliphatic carbocycles. The van der Waals surface area contributed by atoms with Gasteiger partial charge in [0.2, 0.25) is 0 Å². The van der Waals surface area contributed by atoms with Gasteiger partial charge in [0, 0.05) is 19.6 Å². The fourth-order valence-corrected chi connectivity index (χ4v) is 5.53. The van der Waals surface area contributed by atoms with E-state index in [2.05, 4.69) is 20.9 Å². The van der Waals surface area contributed by atoms with Crippen molar-refractivity contribution in [1.82, 2.24) is 19.6 Å². The zero-order valence-electron chi connectivity index (χ0n) is 18.8. The van der Waals surface area contributed by atoms with Crippen molar-refractivity contribution in [2.75, 3.05) is 42.6 Å². The van der Waals surface area contributed by atoms with E-state index in [-0.39, 0.29) is 11.9 Å². The van der Waals surface area contributed by atoms with Gasteiger partial charge in [0.25, 0.3) is 0 Å². The Kier molecular flexibility index (Phi) is 4.39. The van der Waals surface area contributed by atoms with Crippen molar-refractivity contribution < 1.29 is 9.13 Å². The largest absolute Gasteiger partial charge is 0.380 e. The van der Waals surface area contributed by atoms with Crippen molar-refractivity contribution in [1.29, 1.82) is 0 Å². The monoisotopic (exact) mass is 456 g/mol. The maximum atomic E-state index is 13.9. The molecule has 3 aromatic heterocycles. The number of hydrogen-bond donors (Lipinski definition) is 0. The molecule has 172 valence electrons. The smallest absolute Gasteiger partial charge is 0.154 e. The van der Waals surface area contributed by atoms with Crippen molar-refractivity contribution in [3.8, 4) is 11.4 Å². The fraction of sp³-hybridized carbons (Fsp3) is 0.346. The Hall–Kier alpha value is -3.52. The van der Waals surface area contributed by atoms with E-state index >= 15 is 0 Å². The maximum Gasteiger partial charge on any atom is 0.154 e. The average molecular weight is 457 g/mol. The molecule has 3 aliphatic heterocycles. The molecule has 0 N–H and O–H groups in total. The molecule has 8 heteroatoms. The number of aromatic nitrogens is 4. The lowest BCUT2D eigenvalue weighted by Crippen LogP contribution is -2.66. The molecule has 1 spiro atoms. The molecule has 3 aliphatic rings. The molecule has 0 saturated carbocycles. The standard InChI is InChI=1S/C26H25FN6O/c27-19-5-1-4-18(12-19)21-7-3-11-32(21)25-10-9-23-28-13-22(33(23)30-25)20-6-2-8-24(29-20)31-14-26(15-31)16-34-17-26/h1-2,4-6,8-10,12-13,21H,3,7,11,14-17H2. The Labute approximate surface area is 196 Å². The van der Waals surface area contributed by atoms with Gasteiger partial charge in [-0.15, -0.1) is 5.10 Å². The molecular formula is C26H25FN6O. The number of hydrogen-bond acceptors (Lipinski definition) is 6. The molecule has 1 aromatic carbocycles. The minimum Gasteiger partial charge on any atom is -0.380 e. The van der Waals surface area contributed by atoms with Crippen LogP contribution in [0.15, 0.2) is 60.8 Å². The number of nitrogens with zero attached hydrogens (tertiary/aromatic N) is 6. The third-order valence-electron chi connectivity index (χ3n) is 7.32. The first kappa shape index (κ1) is 19.9. The van der Waals surface area contributed by atoms with Gasteiger partial charge in [0.05, 0.1) is 36.6 Å². The number of halogens is 1. The Balaban J connectivity index is 1.21. The summed E-state index contributed by atoms with van der Waals surface area (Å²) < 4.78 is 21.2. The summed E-state index contributed by atoms with van der Waals surface area (Å²) in [6.07, 6.45) is 3.86. The highest BCUT2D eigenvalue weighted by Gasteiger charge is 2.49. The molecule has 34 heavy (non-hydrogen) atoms. The molecule has 3 fully saturated rings. The van der Waals surface area contributed by atoms with Gasteiger partial charge in [-0.3, -0.25) is 0 Å². The summed E-state index contributed by atoms with van der Waals surface area (Å²) in [6.45, 7) is 4.59.